The summed E-state index contributed by atoms with van der Waals surface area (Å²) < 4.78 is 31.5. The SMILES string of the molecule is O=C(O)N1CCC(c2cc(=O)[nH]o2)CC1Cc1ccc(F)c(F)c1. The van der Waals surface area contributed by atoms with Crippen LogP contribution in [0.3, 0.4) is 0 Å². The summed E-state index contributed by atoms with van der Waals surface area (Å²) in [5, 5.41) is 11.6. The summed E-state index contributed by atoms with van der Waals surface area (Å²) in [7, 11) is 0. The maximum atomic E-state index is 13.4. The molecule has 0 spiro atoms. The molecule has 128 valence electrons. The smallest absolute Gasteiger partial charge is 0.407 e. The van der Waals surface area contributed by atoms with Gasteiger partial charge in [-0.2, -0.15) is 5.16 Å². The average Bonchev–Trinajstić information content (AvgIpc) is 2.97. The highest BCUT2D eigenvalue weighted by Crippen LogP contribution is 2.32. The Hall–Kier alpha value is -2.64. The first kappa shape index (κ1) is 16.2. The van der Waals surface area contributed by atoms with Crippen LogP contribution in [0.1, 0.15) is 30.1 Å². The van der Waals surface area contributed by atoms with Gasteiger partial charge in [-0.3, -0.25) is 4.79 Å². The first-order valence-electron chi connectivity index (χ1n) is 7.56. The third-order valence-electron chi connectivity index (χ3n) is 4.36. The first-order chi connectivity index (χ1) is 11.4. The van der Waals surface area contributed by atoms with Gasteiger partial charge in [0, 0.05) is 24.6 Å². The van der Waals surface area contributed by atoms with Crippen LogP contribution in [-0.4, -0.2) is 33.8 Å². The van der Waals surface area contributed by atoms with Crippen molar-refractivity contribution in [3.63, 3.8) is 0 Å². The van der Waals surface area contributed by atoms with Crippen molar-refractivity contribution in [2.45, 2.75) is 31.2 Å². The molecule has 1 aromatic heterocycles. The number of H-pyrrole nitrogens is 1. The Bertz CT molecular complexity index is 801. The zero-order valence-electron chi connectivity index (χ0n) is 12.7. The molecule has 2 heterocycles. The molecule has 8 heteroatoms. The standard InChI is InChI=1S/C16H16F2N2O4/c17-12-2-1-9(6-13(12)18)5-11-7-10(3-4-20(11)16(22)23)14-8-15(21)19-24-14/h1-2,6,8,10-11H,3-5,7H2,(H,19,21)(H,22,23). The van der Waals surface area contributed by atoms with Crippen molar-refractivity contribution in [1.82, 2.24) is 10.1 Å². The average molecular weight is 338 g/mol. The molecule has 0 bridgehead atoms. The molecule has 1 aliphatic rings. The van der Waals surface area contributed by atoms with Gasteiger partial charge in [-0.25, -0.2) is 13.6 Å². The largest absolute Gasteiger partial charge is 0.465 e. The maximum absolute atomic E-state index is 13.4. The van der Waals surface area contributed by atoms with Crippen molar-refractivity contribution in [3.05, 3.63) is 57.6 Å². The second-order valence-electron chi connectivity index (χ2n) is 5.92. The van der Waals surface area contributed by atoms with Gasteiger partial charge in [0.2, 0.25) is 0 Å². The lowest BCUT2D eigenvalue weighted by molar-refractivity contribution is 0.0968. The molecular weight excluding hydrogens is 322 g/mol. The number of nitrogens with zero attached hydrogens (tertiary/aromatic N) is 1. The molecule has 3 rings (SSSR count). The van der Waals surface area contributed by atoms with E-state index in [1.54, 1.807) is 0 Å². The van der Waals surface area contributed by atoms with Crippen LogP contribution in [0.5, 0.6) is 0 Å². The predicted octanol–water partition coefficient (Wildman–Crippen LogP) is 2.71. The van der Waals surface area contributed by atoms with Crippen LogP contribution in [0.25, 0.3) is 0 Å². The number of aromatic amines is 1. The predicted molar refractivity (Wildman–Crippen MR) is 79.9 cm³/mol. The fourth-order valence-electron chi connectivity index (χ4n) is 3.19. The van der Waals surface area contributed by atoms with Gasteiger partial charge in [0.1, 0.15) is 5.76 Å². The van der Waals surface area contributed by atoms with E-state index in [2.05, 4.69) is 5.16 Å². The summed E-state index contributed by atoms with van der Waals surface area (Å²) >= 11 is 0. The van der Waals surface area contributed by atoms with Gasteiger partial charge in [0.05, 0.1) is 0 Å². The molecule has 1 saturated heterocycles. The molecule has 2 atom stereocenters. The molecular formula is C16H16F2N2O4. The van der Waals surface area contributed by atoms with E-state index >= 15 is 0 Å². The third-order valence-corrected chi connectivity index (χ3v) is 4.36. The second kappa shape index (κ2) is 6.46. The van der Waals surface area contributed by atoms with Gasteiger partial charge in [-0.05, 0) is 37.0 Å². The topological polar surface area (TPSA) is 86.5 Å². The van der Waals surface area contributed by atoms with Gasteiger partial charge in [-0.1, -0.05) is 6.07 Å². The van der Waals surface area contributed by atoms with E-state index in [1.807, 2.05) is 0 Å². The zero-order chi connectivity index (χ0) is 17.3. The summed E-state index contributed by atoms with van der Waals surface area (Å²) in [4.78, 5) is 23.9. The minimum Gasteiger partial charge on any atom is -0.465 e. The molecule has 6 nitrogen and oxygen atoms in total. The zero-order valence-corrected chi connectivity index (χ0v) is 12.7. The van der Waals surface area contributed by atoms with Crippen molar-refractivity contribution < 1.29 is 23.2 Å². The Morgan fingerprint density at radius 2 is 2.12 bits per heavy atom. The van der Waals surface area contributed by atoms with E-state index in [0.29, 0.717) is 24.2 Å². The van der Waals surface area contributed by atoms with Gasteiger partial charge in [0.25, 0.3) is 5.56 Å². The maximum Gasteiger partial charge on any atom is 0.407 e. The van der Waals surface area contributed by atoms with Gasteiger partial charge < -0.3 is 14.5 Å². The Balaban J connectivity index is 1.81. The van der Waals surface area contributed by atoms with E-state index in [-0.39, 0.29) is 24.4 Å². The monoisotopic (exact) mass is 338 g/mol. The molecule has 0 radical (unpaired) electrons. The lowest BCUT2D eigenvalue weighted by Crippen LogP contribution is -2.46. The van der Waals surface area contributed by atoms with Crippen molar-refractivity contribution in [2.24, 2.45) is 0 Å². The number of halogens is 2. The number of rotatable bonds is 3. The molecule has 1 aliphatic heterocycles. The number of carboxylic acid groups (broad SMARTS) is 1. The summed E-state index contributed by atoms with van der Waals surface area (Å²) in [5.41, 5.74) is 0.171. The fourth-order valence-corrected chi connectivity index (χ4v) is 3.19. The number of aromatic nitrogens is 1. The number of hydrogen-bond donors (Lipinski definition) is 2. The van der Waals surface area contributed by atoms with E-state index in [1.165, 1.54) is 17.0 Å². The number of piperidine rings is 1. The highest BCUT2D eigenvalue weighted by atomic mass is 19.2. The van der Waals surface area contributed by atoms with Gasteiger partial charge in [-0.15, -0.1) is 0 Å². The van der Waals surface area contributed by atoms with Crippen LogP contribution in [-0.2, 0) is 6.42 Å². The van der Waals surface area contributed by atoms with Crippen molar-refractivity contribution in [1.29, 1.82) is 0 Å². The summed E-state index contributed by atoms with van der Waals surface area (Å²) in [6.45, 7) is 0.281. The molecule has 0 saturated carbocycles. The Kier molecular flexibility index (Phi) is 4.37. The van der Waals surface area contributed by atoms with Gasteiger partial charge in [0.15, 0.2) is 11.6 Å². The van der Waals surface area contributed by atoms with E-state index in [9.17, 15) is 23.5 Å². The fraction of sp³-hybridized carbons (Fsp3) is 0.375. The molecule has 1 fully saturated rings. The van der Waals surface area contributed by atoms with Crippen molar-refractivity contribution in [2.75, 3.05) is 6.54 Å². The number of amides is 1. The number of nitrogens with one attached hydrogen (secondary N) is 1. The van der Waals surface area contributed by atoms with E-state index in [4.69, 9.17) is 4.52 Å². The Labute approximate surface area is 135 Å². The van der Waals surface area contributed by atoms with Crippen molar-refractivity contribution in [3.8, 4) is 0 Å². The van der Waals surface area contributed by atoms with Crippen LogP contribution >= 0.6 is 0 Å². The van der Waals surface area contributed by atoms with Crippen LogP contribution in [0.15, 0.2) is 33.6 Å². The van der Waals surface area contributed by atoms with E-state index in [0.717, 1.165) is 12.1 Å². The highest BCUT2D eigenvalue weighted by Gasteiger charge is 2.34. The first-order valence-corrected chi connectivity index (χ1v) is 7.56. The number of benzene rings is 1. The minimum absolute atomic E-state index is 0.102. The molecule has 2 aromatic rings. The lowest BCUT2D eigenvalue weighted by Gasteiger charge is -2.37. The van der Waals surface area contributed by atoms with Crippen LogP contribution < -0.4 is 5.56 Å². The highest BCUT2D eigenvalue weighted by molar-refractivity contribution is 5.65. The Morgan fingerprint density at radius 3 is 2.75 bits per heavy atom. The number of likely N-dealkylation sites (tertiary alicyclic amines) is 1. The summed E-state index contributed by atoms with van der Waals surface area (Å²) in [6.07, 6.45) is 0.166. The second-order valence-corrected chi connectivity index (χ2v) is 5.92. The van der Waals surface area contributed by atoms with Crippen LogP contribution in [0.2, 0.25) is 0 Å². The quantitative estimate of drug-likeness (QED) is 0.901. The number of hydrogen-bond acceptors (Lipinski definition) is 3. The lowest BCUT2D eigenvalue weighted by atomic mass is 9.86. The van der Waals surface area contributed by atoms with Gasteiger partial charge >= 0.3 is 6.09 Å². The van der Waals surface area contributed by atoms with Crippen LogP contribution in [0, 0.1) is 11.6 Å². The van der Waals surface area contributed by atoms with E-state index < -0.39 is 23.8 Å². The van der Waals surface area contributed by atoms with Crippen molar-refractivity contribution >= 4 is 6.09 Å². The van der Waals surface area contributed by atoms with Crippen LogP contribution in [0.4, 0.5) is 13.6 Å². The molecule has 1 aromatic carbocycles. The Morgan fingerprint density at radius 1 is 1.33 bits per heavy atom. The molecule has 1 amide bonds. The normalized spacial score (nSPS) is 21.0. The minimum atomic E-state index is -1.06. The summed E-state index contributed by atoms with van der Waals surface area (Å²) in [6, 6.07) is 4.50. The molecule has 2 unspecified atom stereocenters. The molecule has 24 heavy (non-hydrogen) atoms. The number of carbonyl (C=O) groups is 1. The molecule has 0 aliphatic carbocycles. The summed E-state index contributed by atoms with van der Waals surface area (Å²) in [5.74, 6) is -1.52. The molecule has 2 N–H and O–H groups in total. The third kappa shape index (κ3) is 3.32.